The molecule has 7 nitrogen and oxygen atoms in total. The molecule has 0 bridgehead atoms. The third-order valence-corrected chi connectivity index (χ3v) is 3.24. The van der Waals surface area contributed by atoms with Gasteiger partial charge >= 0.3 is 5.97 Å². The minimum atomic E-state index is -0.521. The van der Waals surface area contributed by atoms with Crippen molar-refractivity contribution in [3.63, 3.8) is 0 Å². The number of aromatic hydroxyl groups is 1. The highest BCUT2D eigenvalue weighted by Crippen LogP contribution is 2.27. The van der Waals surface area contributed by atoms with Crippen molar-refractivity contribution < 1.29 is 23.5 Å². The zero-order chi connectivity index (χ0) is 17.1. The molecule has 0 spiro atoms. The van der Waals surface area contributed by atoms with Gasteiger partial charge in [-0.25, -0.2) is 14.8 Å². The van der Waals surface area contributed by atoms with Crippen LogP contribution in [0.5, 0.6) is 5.75 Å². The fourth-order valence-corrected chi connectivity index (χ4v) is 2.17. The van der Waals surface area contributed by atoms with E-state index in [1.807, 2.05) is 24.3 Å². The Balaban J connectivity index is 0.000000159. The lowest BCUT2D eigenvalue weighted by molar-refractivity contribution is 0.0600. The lowest BCUT2D eigenvalue weighted by atomic mass is 10.2. The largest absolute Gasteiger partial charge is 0.504 e. The van der Waals surface area contributed by atoms with Gasteiger partial charge in [0, 0.05) is 6.92 Å². The van der Waals surface area contributed by atoms with Crippen LogP contribution in [0.2, 0.25) is 0 Å². The van der Waals surface area contributed by atoms with Crippen molar-refractivity contribution in [3.05, 3.63) is 54.2 Å². The van der Waals surface area contributed by atoms with E-state index in [0.29, 0.717) is 11.4 Å². The Morgan fingerprint density at radius 1 is 1.21 bits per heavy atom. The Kier molecular flexibility index (Phi) is 4.15. The number of para-hydroxylation sites is 2. The van der Waals surface area contributed by atoms with Crippen LogP contribution < -0.4 is 0 Å². The lowest BCUT2D eigenvalue weighted by Gasteiger charge is -1.99. The van der Waals surface area contributed by atoms with E-state index in [2.05, 4.69) is 14.7 Å². The molecule has 24 heavy (non-hydrogen) atoms. The van der Waals surface area contributed by atoms with Crippen LogP contribution in [0.4, 0.5) is 0 Å². The molecule has 4 aromatic rings. The van der Waals surface area contributed by atoms with Crippen LogP contribution in [0, 0.1) is 6.92 Å². The molecule has 1 N–H and O–H groups in total. The standard InChI is InChI=1S/C10H9NO4.C7H5NO/c1-5-11-7-3-6(10(13)14-2)4-8(12)9(7)15-5;1-2-4-7-6(3-1)8-5-9-7/h3-4,12H,1-2H3;1-5H. The molecule has 0 atom stereocenters. The van der Waals surface area contributed by atoms with Crippen molar-refractivity contribution in [2.45, 2.75) is 6.92 Å². The summed E-state index contributed by atoms with van der Waals surface area (Å²) in [6.45, 7) is 1.66. The number of nitrogens with zero attached hydrogens (tertiary/aromatic N) is 2. The Bertz CT molecular complexity index is 972. The summed E-state index contributed by atoms with van der Waals surface area (Å²) in [6, 6.07) is 10.5. The number of esters is 1. The minimum Gasteiger partial charge on any atom is -0.504 e. The fraction of sp³-hybridized carbons (Fsp3) is 0.118. The lowest BCUT2D eigenvalue weighted by Crippen LogP contribution is -2.00. The number of carbonyl (C=O) groups is 1. The van der Waals surface area contributed by atoms with E-state index in [9.17, 15) is 9.90 Å². The first kappa shape index (κ1) is 15.5. The highest BCUT2D eigenvalue weighted by molar-refractivity contribution is 5.95. The van der Waals surface area contributed by atoms with Gasteiger partial charge in [-0.2, -0.15) is 0 Å². The van der Waals surface area contributed by atoms with Crippen LogP contribution in [0.15, 0.2) is 51.6 Å². The van der Waals surface area contributed by atoms with Crippen molar-refractivity contribution in [2.24, 2.45) is 0 Å². The number of fused-ring (bicyclic) bond motifs is 2. The summed E-state index contributed by atoms with van der Waals surface area (Å²) in [7, 11) is 1.28. The predicted molar refractivity (Wildman–Crippen MR) is 85.8 cm³/mol. The number of phenols is 1. The summed E-state index contributed by atoms with van der Waals surface area (Å²) >= 11 is 0. The average Bonchev–Trinajstić information content (AvgIpc) is 3.20. The molecule has 2 heterocycles. The number of oxazole rings is 2. The summed E-state index contributed by atoms with van der Waals surface area (Å²) in [5.41, 5.74) is 2.72. The molecule has 2 aromatic carbocycles. The summed E-state index contributed by atoms with van der Waals surface area (Å²) in [5.74, 6) is -0.205. The van der Waals surface area contributed by atoms with Gasteiger partial charge in [0.1, 0.15) is 11.0 Å². The molecule has 4 rings (SSSR count). The van der Waals surface area contributed by atoms with Gasteiger partial charge in [0.25, 0.3) is 0 Å². The van der Waals surface area contributed by atoms with Gasteiger partial charge in [0.2, 0.25) is 0 Å². The van der Waals surface area contributed by atoms with E-state index in [4.69, 9.17) is 8.83 Å². The number of methoxy groups -OCH3 is 1. The maximum atomic E-state index is 11.2. The molecular weight excluding hydrogens is 312 g/mol. The van der Waals surface area contributed by atoms with Gasteiger partial charge in [-0.15, -0.1) is 0 Å². The van der Waals surface area contributed by atoms with Crippen molar-refractivity contribution in [1.29, 1.82) is 0 Å². The average molecular weight is 326 g/mol. The topological polar surface area (TPSA) is 98.6 Å². The molecule has 0 unspecified atom stereocenters. The molecule has 0 radical (unpaired) electrons. The maximum absolute atomic E-state index is 11.2. The number of carbonyl (C=O) groups excluding carboxylic acids is 1. The van der Waals surface area contributed by atoms with Gasteiger partial charge in [0.15, 0.2) is 29.2 Å². The monoisotopic (exact) mass is 326 g/mol. The van der Waals surface area contributed by atoms with E-state index < -0.39 is 5.97 Å². The number of aromatic nitrogens is 2. The second-order valence-corrected chi connectivity index (χ2v) is 4.89. The quantitative estimate of drug-likeness (QED) is 0.535. The molecule has 0 saturated carbocycles. The predicted octanol–water partition coefficient (Wildman–Crippen LogP) is 3.46. The first-order chi connectivity index (χ1) is 11.6. The SMILES string of the molecule is COC(=O)c1cc(O)c2oc(C)nc2c1.c1ccc2ocnc2c1. The van der Waals surface area contributed by atoms with Gasteiger partial charge in [0.05, 0.1) is 12.7 Å². The first-order valence-corrected chi connectivity index (χ1v) is 7.05. The zero-order valence-corrected chi connectivity index (χ0v) is 13.0. The van der Waals surface area contributed by atoms with Crippen LogP contribution in [0.3, 0.4) is 0 Å². The number of aryl methyl sites for hydroxylation is 1. The number of benzene rings is 2. The zero-order valence-electron chi connectivity index (χ0n) is 13.0. The van der Waals surface area contributed by atoms with Crippen LogP contribution in [-0.2, 0) is 4.74 Å². The normalized spacial score (nSPS) is 10.4. The highest BCUT2D eigenvalue weighted by atomic mass is 16.5. The van der Waals surface area contributed by atoms with Gasteiger partial charge < -0.3 is 18.7 Å². The smallest absolute Gasteiger partial charge is 0.338 e. The highest BCUT2D eigenvalue weighted by Gasteiger charge is 2.13. The summed E-state index contributed by atoms with van der Waals surface area (Å²) in [6.07, 6.45) is 1.45. The molecule has 2 aromatic heterocycles. The second-order valence-electron chi connectivity index (χ2n) is 4.89. The van der Waals surface area contributed by atoms with E-state index in [1.165, 1.54) is 25.6 Å². The Hall–Kier alpha value is -3.35. The van der Waals surface area contributed by atoms with Gasteiger partial charge in [-0.05, 0) is 24.3 Å². The molecule has 0 saturated heterocycles. The number of ether oxygens (including phenoxy) is 1. The number of rotatable bonds is 1. The molecule has 0 aliphatic rings. The fourth-order valence-electron chi connectivity index (χ4n) is 2.17. The summed E-state index contributed by atoms with van der Waals surface area (Å²) in [4.78, 5) is 19.2. The molecule has 0 aliphatic heterocycles. The Labute approximate surface area is 136 Å². The summed E-state index contributed by atoms with van der Waals surface area (Å²) in [5, 5.41) is 9.57. The molecule has 0 aliphatic carbocycles. The second kappa shape index (κ2) is 6.41. The van der Waals surface area contributed by atoms with Crippen molar-refractivity contribution >= 4 is 28.2 Å². The number of hydrogen-bond acceptors (Lipinski definition) is 7. The molecule has 0 fully saturated rings. The minimum absolute atomic E-state index is 0.117. The maximum Gasteiger partial charge on any atom is 0.338 e. The summed E-state index contributed by atoms with van der Waals surface area (Å²) < 4.78 is 14.7. The van der Waals surface area contributed by atoms with E-state index >= 15 is 0 Å². The van der Waals surface area contributed by atoms with E-state index in [-0.39, 0.29) is 16.9 Å². The van der Waals surface area contributed by atoms with Gasteiger partial charge in [-0.1, -0.05) is 12.1 Å². The molecule has 7 heteroatoms. The van der Waals surface area contributed by atoms with Crippen LogP contribution >= 0.6 is 0 Å². The molecule has 122 valence electrons. The van der Waals surface area contributed by atoms with Crippen LogP contribution in [0.1, 0.15) is 16.2 Å². The number of phenolic OH excluding ortho intramolecular Hbond substituents is 1. The molecule has 0 amide bonds. The first-order valence-electron chi connectivity index (χ1n) is 7.05. The third-order valence-electron chi connectivity index (χ3n) is 3.24. The Morgan fingerprint density at radius 2 is 2.00 bits per heavy atom. The third kappa shape index (κ3) is 3.05. The van der Waals surface area contributed by atoms with Crippen LogP contribution in [0.25, 0.3) is 22.2 Å². The van der Waals surface area contributed by atoms with Crippen molar-refractivity contribution in [3.8, 4) is 5.75 Å². The van der Waals surface area contributed by atoms with Gasteiger partial charge in [-0.3, -0.25) is 0 Å². The Morgan fingerprint density at radius 3 is 2.75 bits per heavy atom. The molecular formula is C17H14N2O5. The van der Waals surface area contributed by atoms with E-state index in [0.717, 1.165) is 11.1 Å². The van der Waals surface area contributed by atoms with E-state index in [1.54, 1.807) is 6.92 Å². The van der Waals surface area contributed by atoms with Crippen LogP contribution in [-0.4, -0.2) is 28.2 Å². The van der Waals surface area contributed by atoms with Crippen molar-refractivity contribution in [1.82, 2.24) is 9.97 Å². The number of hydrogen-bond donors (Lipinski definition) is 1. The van der Waals surface area contributed by atoms with Crippen molar-refractivity contribution in [2.75, 3.05) is 7.11 Å².